The van der Waals surface area contributed by atoms with Crippen LogP contribution in [0.25, 0.3) is 11.3 Å². The van der Waals surface area contributed by atoms with Gasteiger partial charge in [0.05, 0.1) is 12.7 Å². The second kappa shape index (κ2) is 4.62. The Morgan fingerprint density at radius 2 is 2.25 bits per heavy atom. The van der Waals surface area contributed by atoms with Crippen molar-refractivity contribution in [2.45, 2.75) is 0 Å². The molecule has 16 heavy (non-hydrogen) atoms. The van der Waals surface area contributed by atoms with Crippen LogP contribution in [0.4, 0.5) is 5.82 Å². The smallest absolute Gasteiger partial charge is 0.186 e. The summed E-state index contributed by atoms with van der Waals surface area (Å²) in [4.78, 5) is 0. The van der Waals surface area contributed by atoms with Gasteiger partial charge in [-0.3, -0.25) is 0 Å². The Bertz CT molecular complexity index is 528. The number of nitrogen functional groups attached to an aromatic ring is 1. The van der Waals surface area contributed by atoms with Crippen LogP contribution in [0.5, 0.6) is 5.75 Å². The van der Waals surface area contributed by atoms with Gasteiger partial charge in [-0.1, -0.05) is 21.1 Å². The molecule has 4 nitrogen and oxygen atoms in total. The number of nitrogens with two attached hydrogens (primary N) is 1. The third-order valence-corrected chi connectivity index (χ3v) is 3.60. The van der Waals surface area contributed by atoms with Crippen molar-refractivity contribution in [1.29, 1.82) is 0 Å². The largest absolute Gasteiger partial charge is 0.496 e. The molecular formula is C10H8BrIN2O2. The standard InChI is InChI=1S/C10H8BrIN2O2/c1-15-7-4-5(11)2-3-6(7)9-8(12)10(13)14-16-9/h2-4H,1H3,(H2,13,14). The molecule has 0 bridgehead atoms. The highest BCUT2D eigenvalue weighted by atomic mass is 127. The Balaban J connectivity index is 2.59. The van der Waals surface area contributed by atoms with Gasteiger partial charge < -0.3 is 15.0 Å². The second-order valence-electron chi connectivity index (χ2n) is 3.06. The summed E-state index contributed by atoms with van der Waals surface area (Å²) in [6.07, 6.45) is 0. The number of benzene rings is 1. The van der Waals surface area contributed by atoms with Crippen LogP contribution in [0.2, 0.25) is 0 Å². The molecule has 2 N–H and O–H groups in total. The van der Waals surface area contributed by atoms with Crippen LogP contribution in [-0.4, -0.2) is 12.3 Å². The third kappa shape index (κ3) is 2.03. The minimum absolute atomic E-state index is 0.389. The zero-order chi connectivity index (χ0) is 11.7. The first-order chi connectivity index (χ1) is 7.63. The van der Waals surface area contributed by atoms with E-state index < -0.39 is 0 Å². The highest BCUT2D eigenvalue weighted by Crippen LogP contribution is 2.36. The topological polar surface area (TPSA) is 61.3 Å². The molecule has 0 saturated heterocycles. The number of hydrogen-bond donors (Lipinski definition) is 1. The summed E-state index contributed by atoms with van der Waals surface area (Å²) in [7, 11) is 1.61. The van der Waals surface area contributed by atoms with E-state index in [0.717, 1.165) is 13.6 Å². The fourth-order valence-corrected chi connectivity index (χ4v) is 2.14. The molecular weight excluding hydrogens is 387 g/mol. The summed E-state index contributed by atoms with van der Waals surface area (Å²) >= 11 is 5.48. The Morgan fingerprint density at radius 1 is 1.50 bits per heavy atom. The summed E-state index contributed by atoms with van der Waals surface area (Å²) in [6, 6.07) is 5.67. The number of hydrogen-bond acceptors (Lipinski definition) is 4. The molecule has 0 unspecified atom stereocenters. The van der Waals surface area contributed by atoms with Gasteiger partial charge in [0, 0.05) is 4.47 Å². The van der Waals surface area contributed by atoms with Crippen LogP contribution in [0.1, 0.15) is 0 Å². The predicted molar refractivity (Wildman–Crippen MR) is 73.3 cm³/mol. The minimum Gasteiger partial charge on any atom is -0.496 e. The lowest BCUT2D eigenvalue weighted by atomic mass is 10.1. The Kier molecular flexibility index (Phi) is 3.38. The van der Waals surface area contributed by atoms with E-state index in [1.165, 1.54) is 0 Å². The monoisotopic (exact) mass is 394 g/mol. The SMILES string of the molecule is COc1cc(Br)ccc1-c1onc(N)c1I. The number of halogens is 2. The maximum atomic E-state index is 5.64. The van der Waals surface area contributed by atoms with E-state index in [4.69, 9.17) is 15.0 Å². The molecule has 0 aliphatic heterocycles. The molecule has 1 aromatic carbocycles. The molecule has 0 spiro atoms. The van der Waals surface area contributed by atoms with E-state index >= 15 is 0 Å². The van der Waals surface area contributed by atoms with Crippen molar-refractivity contribution in [1.82, 2.24) is 5.16 Å². The van der Waals surface area contributed by atoms with Gasteiger partial charge in [-0.25, -0.2) is 0 Å². The Labute approximate surface area is 114 Å². The maximum absolute atomic E-state index is 5.64. The molecule has 0 radical (unpaired) electrons. The van der Waals surface area contributed by atoms with Gasteiger partial charge >= 0.3 is 0 Å². The predicted octanol–water partition coefficient (Wildman–Crippen LogP) is 3.30. The normalized spacial score (nSPS) is 10.4. The molecule has 0 fully saturated rings. The van der Waals surface area contributed by atoms with Crippen molar-refractivity contribution in [3.8, 4) is 17.1 Å². The molecule has 0 saturated carbocycles. The van der Waals surface area contributed by atoms with Crippen molar-refractivity contribution in [3.05, 3.63) is 26.2 Å². The van der Waals surface area contributed by atoms with Crippen molar-refractivity contribution in [2.75, 3.05) is 12.8 Å². The highest BCUT2D eigenvalue weighted by molar-refractivity contribution is 14.1. The fraction of sp³-hybridized carbons (Fsp3) is 0.100. The van der Waals surface area contributed by atoms with E-state index in [-0.39, 0.29) is 0 Å². The zero-order valence-corrected chi connectivity index (χ0v) is 12.1. The molecule has 0 amide bonds. The lowest BCUT2D eigenvalue weighted by molar-refractivity contribution is 0.406. The van der Waals surface area contributed by atoms with Crippen molar-refractivity contribution < 1.29 is 9.26 Å². The number of anilines is 1. The molecule has 1 aromatic heterocycles. The van der Waals surface area contributed by atoms with Crippen LogP contribution in [0.15, 0.2) is 27.2 Å². The average molecular weight is 395 g/mol. The highest BCUT2D eigenvalue weighted by Gasteiger charge is 2.17. The molecule has 1 heterocycles. The van der Waals surface area contributed by atoms with Gasteiger partial charge in [0.2, 0.25) is 0 Å². The van der Waals surface area contributed by atoms with E-state index in [1.54, 1.807) is 7.11 Å². The molecule has 6 heteroatoms. The quantitative estimate of drug-likeness (QED) is 0.794. The van der Waals surface area contributed by atoms with Crippen molar-refractivity contribution in [3.63, 3.8) is 0 Å². The van der Waals surface area contributed by atoms with Gasteiger partial charge in [-0.15, -0.1) is 0 Å². The Hall–Kier alpha value is -0.760. The maximum Gasteiger partial charge on any atom is 0.186 e. The van der Waals surface area contributed by atoms with Gasteiger partial charge in [-0.2, -0.15) is 0 Å². The van der Waals surface area contributed by atoms with Crippen LogP contribution < -0.4 is 10.5 Å². The first-order valence-electron chi connectivity index (χ1n) is 4.38. The number of nitrogens with zero attached hydrogens (tertiary/aromatic N) is 1. The fourth-order valence-electron chi connectivity index (χ4n) is 1.31. The molecule has 0 aliphatic carbocycles. The summed E-state index contributed by atoms with van der Waals surface area (Å²) < 4.78 is 12.2. The van der Waals surface area contributed by atoms with Crippen molar-refractivity contribution >= 4 is 44.3 Å². The molecule has 0 atom stereocenters. The zero-order valence-electron chi connectivity index (χ0n) is 8.33. The number of aromatic nitrogens is 1. The van der Waals surface area contributed by atoms with Crippen LogP contribution in [-0.2, 0) is 0 Å². The number of methoxy groups -OCH3 is 1. The molecule has 84 valence electrons. The summed E-state index contributed by atoms with van der Waals surface area (Å²) in [5.74, 6) is 1.73. The molecule has 0 aliphatic rings. The van der Waals surface area contributed by atoms with Crippen LogP contribution >= 0.6 is 38.5 Å². The summed E-state index contributed by atoms with van der Waals surface area (Å²) in [5, 5.41) is 3.72. The van der Waals surface area contributed by atoms with Crippen LogP contribution in [0.3, 0.4) is 0 Å². The lowest BCUT2D eigenvalue weighted by Gasteiger charge is -2.06. The van der Waals surface area contributed by atoms with E-state index in [0.29, 0.717) is 17.3 Å². The number of rotatable bonds is 2. The Morgan fingerprint density at radius 3 is 2.81 bits per heavy atom. The van der Waals surface area contributed by atoms with Gasteiger partial charge in [0.1, 0.15) is 9.32 Å². The summed E-state index contributed by atoms with van der Waals surface area (Å²) in [5.41, 5.74) is 6.47. The lowest BCUT2D eigenvalue weighted by Crippen LogP contribution is -1.89. The van der Waals surface area contributed by atoms with Gasteiger partial charge in [-0.05, 0) is 40.8 Å². The molecule has 2 aromatic rings. The molecule has 2 rings (SSSR count). The van der Waals surface area contributed by atoms with Crippen LogP contribution in [0, 0.1) is 3.57 Å². The van der Waals surface area contributed by atoms with Crippen molar-refractivity contribution in [2.24, 2.45) is 0 Å². The van der Waals surface area contributed by atoms with E-state index in [1.807, 2.05) is 18.2 Å². The third-order valence-electron chi connectivity index (χ3n) is 2.07. The minimum atomic E-state index is 0.389. The van der Waals surface area contributed by atoms with E-state index in [2.05, 4.69) is 43.7 Å². The van der Waals surface area contributed by atoms with Gasteiger partial charge in [0.15, 0.2) is 11.6 Å². The van der Waals surface area contributed by atoms with E-state index in [9.17, 15) is 0 Å². The summed E-state index contributed by atoms with van der Waals surface area (Å²) in [6.45, 7) is 0. The first-order valence-corrected chi connectivity index (χ1v) is 6.25. The second-order valence-corrected chi connectivity index (χ2v) is 5.05. The first kappa shape index (κ1) is 11.7. The number of ether oxygens (including phenoxy) is 1. The van der Waals surface area contributed by atoms with Gasteiger partial charge in [0.25, 0.3) is 0 Å². The average Bonchev–Trinajstić information content (AvgIpc) is 2.60.